The zero-order chi connectivity index (χ0) is 11.2. The molecule has 0 aromatic carbocycles. The van der Waals surface area contributed by atoms with Crippen molar-refractivity contribution in [1.82, 2.24) is 0 Å². The van der Waals surface area contributed by atoms with E-state index >= 15 is 0 Å². The van der Waals surface area contributed by atoms with Crippen LogP contribution >= 0.6 is 0 Å². The van der Waals surface area contributed by atoms with Crippen molar-refractivity contribution in [2.24, 2.45) is 5.92 Å². The molecule has 1 saturated heterocycles. The summed E-state index contributed by atoms with van der Waals surface area (Å²) >= 11 is 0. The summed E-state index contributed by atoms with van der Waals surface area (Å²) in [6, 6.07) is 0.00394. The van der Waals surface area contributed by atoms with Crippen LogP contribution in [0.1, 0.15) is 6.42 Å². The number of ketones is 1. The van der Waals surface area contributed by atoms with Gasteiger partial charge in [-0.05, 0) is 12.2 Å². The van der Waals surface area contributed by atoms with Gasteiger partial charge < -0.3 is 33.2 Å². The molecule has 2 rings (SSSR count). The van der Waals surface area contributed by atoms with Crippen LogP contribution in [0.15, 0.2) is 12.2 Å². The number of methoxy groups -OCH3 is 1. The number of carbonyl (C=O) groups excluding carboxylic acids is 2. The highest BCUT2D eigenvalue weighted by Gasteiger charge is 2.56. The number of quaternary nitrogens is 1. The zero-order valence-corrected chi connectivity index (χ0v) is 11.8. The molecule has 2 heterocycles. The lowest BCUT2D eigenvalue weighted by Gasteiger charge is -2.37. The van der Waals surface area contributed by atoms with Crippen LogP contribution in [-0.4, -0.2) is 49.5 Å². The van der Waals surface area contributed by atoms with Gasteiger partial charge in [-0.25, -0.2) is 0 Å². The standard InChI is InChI=1S/C11H16NO3.HI/c1-12(2)8-4-5-10(13)9(12)6-7(8)11(14)15-3;/h4-5,7-9H,6H2,1-3H3;1H/q+1;/p-1. The lowest BCUT2D eigenvalue weighted by molar-refractivity contribution is -0.912. The van der Waals surface area contributed by atoms with Crippen LogP contribution < -0.4 is 24.0 Å². The van der Waals surface area contributed by atoms with Crippen LogP contribution in [0.4, 0.5) is 0 Å². The first-order valence-corrected chi connectivity index (χ1v) is 5.11. The molecular formula is C11H16INO3. The van der Waals surface area contributed by atoms with E-state index in [1.807, 2.05) is 20.2 Å². The molecule has 16 heavy (non-hydrogen) atoms. The Bertz CT molecular complexity index is 351. The lowest BCUT2D eigenvalue weighted by Crippen LogP contribution is -3.00. The monoisotopic (exact) mass is 337 g/mol. The molecule has 0 aliphatic carbocycles. The van der Waals surface area contributed by atoms with E-state index in [0.717, 1.165) is 0 Å². The summed E-state index contributed by atoms with van der Waals surface area (Å²) in [5.41, 5.74) is 0. The van der Waals surface area contributed by atoms with E-state index in [9.17, 15) is 9.59 Å². The lowest BCUT2D eigenvalue weighted by atomic mass is 10.0. The Labute approximate surface area is 112 Å². The minimum atomic E-state index is -0.201. The minimum absolute atomic E-state index is 0. The summed E-state index contributed by atoms with van der Waals surface area (Å²) < 4.78 is 5.36. The maximum atomic E-state index is 11.7. The van der Waals surface area contributed by atoms with E-state index in [1.165, 1.54) is 7.11 Å². The third-order valence-electron chi connectivity index (χ3n) is 3.75. The van der Waals surface area contributed by atoms with Gasteiger partial charge in [0.25, 0.3) is 0 Å². The van der Waals surface area contributed by atoms with Crippen LogP contribution in [0.25, 0.3) is 0 Å². The number of ether oxygens (including phenoxy) is 1. The molecule has 2 bridgehead atoms. The number of esters is 1. The average molecular weight is 337 g/mol. The van der Waals surface area contributed by atoms with Crippen LogP contribution in [0.5, 0.6) is 0 Å². The van der Waals surface area contributed by atoms with Crippen molar-refractivity contribution in [3.63, 3.8) is 0 Å². The molecule has 2 aliphatic heterocycles. The Morgan fingerprint density at radius 2 is 2.12 bits per heavy atom. The van der Waals surface area contributed by atoms with E-state index in [2.05, 4.69) is 0 Å². The molecule has 5 heteroatoms. The molecule has 3 unspecified atom stereocenters. The van der Waals surface area contributed by atoms with E-state index in [0.29, 0.717) is 10.9 Å². The highest BCUT2D eigenvalue weighted by atomic mass is 127. The highest BCUT2D eigenvalue weighted by molar-refractivity contribution is 5.95. The predicted molar refractivity (Wildman–Crippen MR) is 54.0 cm³/mol. The summed E-state index contributed by atoms with van der Waals surface area (Å²) in [6.07, 6.45) is 4.07. The van der Waals surface area contributed by atoms with Crippen molar-refractivity contribution in [1.29, 1.82) is 0 Å². The number of likely N-dealkylation sites (N-methyl/N-ethyl adjacent to an activating group) is 1. The summed E-state index contributed by atoms with van der Waals surface area (Å²) in [5, 5.41) is 0. The second kappa shape index (κ2) is 4.44. The molecule has 0 N–H and O–H groups in total. The van der Waals surface area contributed by atoms with Gasteiger partial charge in [0.05, 0.1) is 21.2 Å². The first-order chi connectivity index (χ1) is 6.98. The first kappa shape index (κ1) is 13.6. The Hall–Kier alpha value is -0.430. The van der Waals surface area contributed by atoms with Crippen LogP contribution in [0.3, 0.4) is 0 Å². The summed E-state index contributed by atoms with van der Waals surface area (Å²) in [7, 11) is 5.40. The molecular weight excluding hydrogens is 321 g/mol. The molecule has 1 fully saturated rings. The average Bonchev–Trinajstić information content (AvgIpc) is 2.34. The molecule has 0 saturated carbocycles. The van der Waals surface area contributed by atoms with Gasteiger partial charge in [0, 0.05) is 6.42 Å². The fourth-order valence-corrected chi connectivity index (χ4v) is 2.81. The van der Waals surface area contributed by atoms with Gasteiger partial charge in [-0.3, -0.25) is 9.59 Å². The smallest absolute Gasteiger partial charge is 0.315 e. The van der Waals surface area contributed by atoms with Crippen molar-refractivity contribution >= 4 is 11.8 Å². The van der Waals surface area contributed by atoms with Gasteiger partial charge in [0.15, 0.2) is 6.04 Å². The maximum Gasteiger partial charge on any atom is 0.315 e. The first-order valence-electron chi connectivity index (χ1n) is 5.11. The number of rotatable bonds is 1. The quantitative estimate of drug-likeness (QED) is 0.294. The normalized spacial score (nSPS) is 34.4. The second-order valence-electron chi connectivity index (χ2n) is 4.76. The van der Waals surface area contributed by atoms with E-state index < -0.39 is 0 Å². The van der Waals surface area contributed by atoms with E-state index in [1.54, 1.807) is 6.08 Å². The van der Waals surface area contributed by atoms with Gasteiger partial charge in [-0.2, -0.15) is 0 Å². The fraction of sp³-hybridized carbons (Fsp3) is 0.636. The van der Waals surface area contributed by atoms with Crippen LogP contribution in [0, 0.1) is 5.92 Å². The van der Waals surface area contributed by atoms with Crippen molar-refractivity contribution < 1.29 is 42.8 Å². The summed E-state index contributed by atoms with van der Waals surface area (Å²) in [4.78, 5) is 23.2. The number of nitrogens with zero attached hydrogens (tertiary/aromatic N) is 1. The topological polar surface area (TPSA) is 43.4 Å². The summed E-state index contributed by atoms with van der Waals surface area (Å²) in [6.45, 7) is 0. The Morgan fingerprint density at radius 1 is 1.50 bits per heavy atom. The van der Waals surface area contributed by atoms with Gasteiger partial charge in [-0.1, -0.05) is 0 Å². The maximum absolute atomic E-state index is 11.7. The Morgan fingerprint density at radius 3 is 2.62 bits per heavy atom. The van der Waals surface area contributed by atoms with Gasteiger partial charge >= 0.3 is 5.97 Å². The number of halogens is 1. The third-order valence-corrected chi connectivity index (χ3v) is 3.75. The van der Waals surface area contributed by atoms with E-state index in [4.69, 9.17) is 4.74 Å². The Balaban J connectivity index is 0.00000128. The summed E-state index contributed by atoms with van der Waals surface area (Å²) in [5.74, 6) is -0.242. The largest absolute Gasteiger partial charge is 1.00 e. The zero-order valence-electron chi connectivity index (χ0n) is 9.64. The molecule has 90 valence electrons. The van der Waals surface area contributed by atoms with Crippen molar-refractivity contribution in [2.45, 2.75) is 18.5 Å². The molecule has 4 nitrogen and oxygen atoms in total. The third kappa shape index (κ3) is 1.79. The predicted octanol–water partition coefficient (Wildman–Crippen LogP) is -2.86. The molecule has 0 amide bonds. The number of carbonyl (C=O) groups is 2. The van der Waals surface area contributed by atoms with Crippen LogP contribution in [-0.2, 0) is 14.3 Å². The second-order valence-corrected chi connectivity index (χ2v) is 4.76. The molecule has 2 aliphatic rings. The van der Waals surface area contributed by atoms with Crippen LogP contribution in [0.2, 0.25) is 0 Å². The number of hydrogen-bond acceptors (Lipinski definition) is 3. The van der Waals surface area contributed by atoms with Gasteiger partial charge in [0.2, 0.25) is 5.78 Å². The molecule has 0 aromatic rings. The number of hydrogen-bond donors (Lipinski definition) is 0. The van der Waals surface area contributed by atoms with Gasteiger partial charge in [-0.15, -0.1) is 0 Å². The molecule has 3 atom stereocenters. The van der Waals surface area contributed by atoms with Gasteiger partial charge in [0.1, 0.15) is 12.0 Å². The fourth-order valence-electron chi connectivity index (χ4n) is 2.81. The highest BCUT2D eigenvalue weighted by Crippen LogP contribution is 2.39. The molecule has 0 spiro atoms. The molecule has 0 aromatic heterocycles. The molecule has 0 radical (unpaired) electrons. The van der Waals surface area contributed by atoms with Crippen molar-refractivity contribution in [2.75, 3.05) is 21.2 Å². The van der Waals surface area contributed by atoms with E-state index in [-0.39, 0.29) is 53.7 Å². The van der Waals surface area contributed by atoms with Crippen molar-refractivity contribution in [3.8, 4) is 0 Å². The minimum Gasteiger partial charge on any atom is -1.00 e. The number of fused-ring (bicyclic) bond motifs is 2. The Kier molecular flexibility index (Phi) is 3.79. The van der Waals surface area contributed by atoms with Crippen molar-refractivity contribution in [3.05, 3.63) is 12.2 Å². The SMILES string of the molecule is COC(=O)C1CC2C(=O)C=CC1[N+]2(C)C.[I-].